The molecule has 0 aliphatic heterocycles. The molecule has 2 rings (SSSR count). The smallest absolute Gasteiger partial charge is 0.335 e. The number of ether oxygens (including phenoxy) is 1. The molecule has 5 nitrogen and oxygen atoms in total. The first-order valence-electron chi connectivity index (χ1n) is 6.69. The second-order valence-corrected chi connectivity index (χ2v) is 5.79. The molecule has 23 heavy (non-hydrogen) atoms. The Morgan fingerprint density at radius 3 is 2.52 bits per heavy atom. The van der Waals surface area contributed by atoms with Crippen molar-refractivity contribution >= 4 is 45.1 Å². The Kier molecular flexibility index (Phi) is 5.63. The van der Waals surface area contributed by atoms with Gasteiger partial charge in [0, 0.05) is 5.56 Å². The van der Waals surface area contributed by atoms with Crippen molar-refractivity contribution in [2.45, 2.75) is 6.92 Å². The summed E-state index contributed by atoms with van der Waals surface area (Å²) in [6.45, 7) is 2.38. The van der Waals surface area contributed by atoms with Crippen molar-refractivity contribution in [1.29, 1.82) is 0 Å². The number of rotatable bonds is 5. The number of carboxylic acids is 1. The quantitative estimate of drug-likeness (QED) is 0.780. The van der Waals surface area contributed by atoms with Gasteiger partial charge in [0.25, 0.3) is 5.91 Å². The van der Waals surface area contributed by atoms with E-state index in [2.05, 4.69) is 21.2 Å². The van der Waals surface area contributed by atoms with Gasteiger partial charge >= 0.3 is 5.97 Å². The first-order chi connectivity index (χ1) is 10.9. The molecular formula is C16H13BrClNO4. The fraction of sp³-hybridized carbons (Fsp3) is 0.125. The maximum absolute atomic E-state index is 12.3. The first-order valence-corrected chi connectivity index (χ1v) is 7.86. The molecule has 7 heteroatoms. The third kappa shape index (κ3) is 4.24. The summed E-state index contributed by atoms with van der Waals surface area (Å²) < 4.78 is 6.04. The summed E-state index contributed by atoms with van der Waals surface area (Å²) in [6, 6.07) is 9.02. The number of nitrogens with one attached hydrogen (secondary N) is 1. The summed E-state index contributed by atoms with van der Waals surface area (Å²) in [4.78, 5) is 23.3. The minimum atomic E-state index is -1.10. The number of benzene rings is 2. The zero-order valence-corrected chi connectivity index (χ0v) is 14.4. The minimum absolute atomic E-state index is 0.0394. The van der Waals surface area contributed by atoms with E-state index in [1.54, 1.807) is 18.2 Å². The summed E-state index contributed by atoms with van der Waals surface area (Å²) in [6.07, 6.45) is 0. The van der Waals surface area contributed by atoms with Gasteiger partial charge in [-0.3, -0.25) is 4.79 Å². The van der Waals surface area contributed by atoms with Crippen LogP contribution >= 0.6 is 27.5 Å². The summed E-state index contributed by atoms with van der Waals surface area (Å²) in [5.41, 5.74) is 0.663. The number of carbonyl (C=O) groups is 2. The molecule has 2 N–H and O–H groups in total. The molecule has 0 aromatic heterocycles. The van der Waals surface area contributed by atoms with Crippen molar-refractivity contribution in [2.75, 3.05) is 11.9 Å². The monoisotopic (exact) mass is 397 g/mol. The summed E-state index contributed by atoms with van der Waals surface area (Å²) in [7, 11) is 0. The number of carboxylic acid groups (broad SMARTS) is 1. The van der Waals surface area contributed by atoms with Crippen LogP contribution in [0.3, 0.4) is 0 Å². The second kappa shape index (κ2) is 7.48. The Labute approximate surface area is 146 Å². The Balaban J connectivity index is 2.24. The summed E-state index contributed by atoms with van der Waals surface area (Å²) in [5.74, 6) is -0.867. The van der Waals surface area contributed by atoms with Gasteiger partial charge in [0.1, 0.15) is 5.75 Å². The van der Waals surface area contributed by atoms with Crippen molar-refractivity contribution in [2.24, 2.45) is 0 Å². The topological polar surface area (TPSA) is 75.6 Å². The van der Waals surface area contributed by atoms with E-state index in [1.807, 2.05) is 6.92 Å². The van der Waals surface area contributed by atoms with E-state index in [0.29, 0.717) is 22.4 Å². The fourth-order valence-electron chi connectivity index (χ4n) is 1.86. The maximum Gasteiger partial charge on any atom is 0.335 e. The van der Waals surface area contributed by atoms with Crippen LogP contribution in [0.1, 0.15) is 27.6 Å². The van der Waals surface area contributed by atoms with Crippen LogP contribution < -0.4 is 10.1 Å². The molecule has 0 aliphatic carbocycles. The first kappa shape index (κ1) is 17.3. The van der Waals surface area contributed by atoms with Crippen molar-refractivity contribution in [1.82, 2.24) is 0 Å². The van der Waals surface area contributed by atoms with E-state index < -0.39 is 11.9 Å². The molecule has 0 spiro atoms. The third-order valence-corrected chi connectivity index (χ3v) is 3.90. The number of halogens is 2. The van der Waals surface area contributed by atoms with E-state index in [1.165, 1.54) is 18.2 Å². The normalized spacial score (nSPS) is 10.2. The van der Waals surface area contributed by atoms with Gasteiger partial charge in [-0.2, -0.15) is 0 Å². The van der Waals surface area contributed by atoms with Crippen molar-refractivity contribution in [3.8, 4) is 5.75 Å². The van der Waals surface area contributed by atoms with Gasteiger partial charge in [-0.05, 0) is 59.3 Å². The summed E-state index contributed by atoms with van der Waals surface area (Å²) in [5, 5.41) is 11.9. The highest BCUT2D eigenvalue weighted by molar-refractivity contribution is 9.10. The molecule has 0 saturated carbocycles. The van der Waals surface area contributed by atoms with Crippen molar-refractivity contribution in [3.05, 3.63) is 57.0 Å². The average Bonchev–Trinajstić information content (AvgIpc) is 2.51. The van der Waals surface area contributed by atoms with Crippen LogP contribution in [0.2, 0.25) is 5.02 Å². The zero-order chi connectivity index (χ0) is 17.0. The SMILES string of the molecule is CCOc1ccc(C(=O)Nc2cc(C(=O)O)ccc2Cl)cc1Br. The molecule has 120 valence electrons. The van der Waals surface area contributed by atoms with E-state index >= 15 is 0 Å². The van der Waals surface area contributed by atoms with Crippen LogP contribution in [0, 0.1) is 0 Å². The molecule has 0 aliphatic rings. The Bertz CT molecular complexity index is 764. The zero-order valence-electron chi connectivity index (χ0n) is 12.1. The van der Waals surface area contributed by atoms with Crippen LogP contribution in [0.25, 0.3) is 0 Å². The van der Waals surface area contributed by atoms with Crippen molar-refractivity contribution < 1.29 is 19.4 Å². The Morgan fingerprint density at radius 2 is 1.91 bits per heavy atom. The van der Waals surface area contributed by atoms with Crippen LogP contribution in [0.4, 0.5) is 5.69 Å². The van der Waals surface area contributed by atoms with Crippen LogP contribution in [-0.2, 0) is 0 Å². The molecule has 0 bridgehead atoms. The lowest BCUT2D eigenvalue weighted by molar-refractivity contribution is 0.0696. The maximum atomic E-state index is 12.3. The lowest BCUT2D eigenvalue weighted by Crippen LogP contribution is -2.13. The highest BCUT2D eigenvalue weighted by atomic mass is 79.9. The second-order valence-electron chi connectivity index (χ2n) is 4.53. The summed E-state index contributed by atoms with van der Waals surface area (Å²) >= 11 is 9.33. The fourth-order valence-corrected chi connectivity index (χ4v) is 2.52. The lowest BCUT2D eigenvalue weighted by Gasteiger charge is -2.10. The number of hydrogen-bond donors (Lipinski definition) is 2. The third-order valence-electron chi connectivity index (χ3n) is 2.96. The van der Waals surface area contributed by atoms with Gasteiger partial charge < -0.3 is 15.2 Å². The van der Waals surface area contributed by atoms with Gasteiger partial charge in [0.2, 0.25) is 0 Å². The lowest BCUT2D eigenvalue weighted by atomic mass is 10.1. The number of carbonyl (C=O) groups excluding carboxylic acids is 1. The number of aromatic carboxylic acids is 1. The van der Waals surface area contributed by atoms with Crippen LogP contribution in [-0.4, -0.2) is 23.6 Å². The predicted molar refractivity (Wildman–Crippen MR) is 91.7 cm³/mol. The van der Waals surface area contributed by atoms with E-state index in [4.69, 9.17) is 21.4 Å². The molecule has 2 aromatic carbocycles. The Hall–Kier alpha value is -2.05. The van der Waals surface area contributed by atoms with Gasteiger partial charge in [-0.25, -0.2) is 4.79 Å². The van der Waals surface area contributed by atoms with E-state index in [0.717, 1.165) is 0 Å². The standard InChI is InChI=1S/C16H13BrClNO4/c1-2-23-14-6-4-9(7-11(14)17)15(20)19-13-8-10(16(21)22)3-5-12(13)18/h3-8H,2H2,1H3,(H,19,20)(H,21,22). The highest BCUT2D eigenvalue weighted by Crippen LogP contribution is 2.28. The van der Waals surface area contributed by atoms with Crippen molar-refractivity contribution in [3.63, 3.8) is 0 Å². The molecule has 0 heterocycles. The Morgan fingerprint density at radius 1 is 1.22 bits per heavy atom. The molecule has 0 unspecified atom stereocenters. The van der Waals surface area contributed by atoms with Gasteiger partial charge in [0.05, 0.1) is 27.4 Å². The van der Waals surface area contributed by atoms with Gasteiger partial charge in [0.15, 0.2) is 0 Å². The van der Waals surface area contributed by atoms with Crippen LogP contribution in [0.5, 0.6) is 5.75 Å². The molecule has 0 fully saturated rings. The molecule has 0 saturated heterocycles. The molecule has 2 aromatic rings. The number of amides is 1. The predicted octanol–water partition coefficient (Wildman–Crippen LogP) is 4.45. The van der Waals surface area contributed by atoms with E-state index in [-0.39, 0.29) is 16.3 Å². The largest absolute Gasteiger partial charge is 0.493 e. The van der Waals surface area contributed by atoms with Gasteiger partial charge in [-0.1, -0.05) is 11.6 Å². The minimum Gasteiger partial charge on any atom is -0.493 e. The average molecular weight is 399 g/mol. The van der Waals surface area contributed by atoms with Gasteiger partial charge in [-0.15, -0.1) is 0 Å². The highest BCUT2D eigenvalue weighted by Gasteiger charge is 2.13. The molecule has 0 radical (unpaired) electrons. The number of hydrogen-bond acceptors (Lipinski definition) is 3. The van der Waals surface area contributed by atoms with Crippen LogP contribution in [0.15, 0.2) is 40.9 Å². The molecule has 0 atom stereocenters. The molecular weight excluding hydrogens is 386 g/mol. The number of anilines is 1. The molecule has 1 amide bonds. The van der Waals surface area contributed by atoms with E-state index in [9.17, 15) is 9.59 Å².